The zero-order valence-corrected chi connectivity index (χ0v) is 10.2. The van der Waals surface area contributed by atoms with E-state index >= 15 is 0 Å². The minimum Gasteiger partial charge on any atom is -0.377 e. The molecule has 0 amide bonds. The van der Waals surface area contributed by atoms with Crippen LogP contribution in [0, 0.1) is 0 Å². The molecule has 0 aliphatic heterocycles. The smallest absolute Gasteiger partial charge is 0.180 e. The third kappa shape index (κ3) is 4.40. The predicted molar refractivity (Wildman–Crippen MR) is 63.9 cm³/mol. The van der Waals surface area contributed by atoms with Crippen molar-refractivity contribution < 1.29 is 9.53 Å². The fraction of sp³-hybridized carbons (Fsp3) is 0.250. The highest BCUT2D eigenvalue weighted by molar-refractivity contribution is 9.10. The maximum absolute atomic E-state index is 11.1. The van der Waals surface area contributed by atoms with Crippen LogP contribution in [0.4, 0.5) is 0 Å². The van der Waals surface area contributed by atoms with Gasteiger partial charge in [-0.3, -0.25) is 4.79 Å². The van der Waals surface area contributed by atoms with Crippen LogP contribution in [0.3, 0.4) is 0 Å². The molecule has 1 aromatic rings. The Morgan fingerprint density at radius 2 is 2.20 bits per heavy atom. The van der Waals surface area contributed by atoms with Crippen molar-refractivity contribution in [2.45, 2.75) is 6.42 Å². The first-order valence-corrected chi connectivity index (χ1v) is 5.45. The quantitative estimate of drug-likeness (QED) is 0.768. The van der Waals surface area contributed by atoms with Crippen molar-refractivity contribution >= 4 is 21.7 Å². The maximum atomic E-state index is 11.1. The Bertz CT molecular complexity index is 358. The van der Waals surface area contributed by atoms with E-state index in [1.807, 2.05) is 30.3 Å². The fourth-order valence-corrected chi connectivity index (χ4v) is 1.62. The molecule has 2 nitrogen and oxygen atoms in total. The topological polar surface area (TPSA) is 26.3 Å². The van der Waals surface area contributed by atoms with Crippen LogP contribution in [0.1, 0.15) is 5.56 Å². The van der Waals surface area contributed by atoms with Crippen molar-refractivity contribution in [2.75, 3.05) is 13.7 Å². The van der Waals surface area contributed by atoms with Crippen LogP contribution in [-0.4, -0.2) is 19.5 Å². The number of allylic oxidation sites excluding steroid dienone is 1. The number of methoxy groups -OCH3 is 1. The summed E-state index contributed by atoms with van der Waals surface area (Å²) in [5, 5.41) is 0. The monoisotopic (exact) mass is 268 g/mol. The molecular weight excluding hydrogens is 256 g/mol. The van der Waals surface area contributed by atoms with Gasteiger partial charge in [0.05, 0.1) is 0 Å². The molecule has 0 N–H and O–H groups in total. The summed E-state index contributed by atoms with van der Waals surface area (Å²) in [5.41, 5.74) is 1.17. The van der Waals surface area contributed by atoms with Gasteiger partial charge in [-0.2, -0.15) is 0 Å². The Kier molecular flexibility index (Phi) is 5.29. The van der Waals surface area contributed by atoms with Crippen LogP contribution in [0.15, 0.2) is 40.9 Å². The molecule has 15 heavy (non-hydrogen) atoms. The van der Waals surface area contributed by atoms with Gasteiger partial charge in [-0.05, 0) is 24.1 Å². The van der Waals surface area contributed by atoms with Crippen LogP contribution >= 0.6 is 15.9 Å². The highest BCUT2D eigenvalue weighted by atomic mass is 79.9. The van der Waals surface area contributed by atoms with Gasteiger partial charge in [0.1, 0.15) is 6.61 Å². The summed E-state index contributed by atoms with van der Waals surface area (Å²) < 4.78 is 5.78. The maximum Gasteiger partial charge on any atom is 0.180 e. The standard InChI is InChI=1S/C12H13BrO2/c1-15-9-11(14)7-4-6-10-5-2-3-8-12(10)13/h2-5,7-8H,6,9H2,1H3/b7-4+. The zero-order valence-electron chi connectivity index (χ0n) is 8.57. The minimum atomic E-state index is -0.00967. The number of ketones is 1. The molecule has 0 bridgehead atoms. The highest BCUT2D eigenvalue weighted by Crippen LogP contribution is 2.16. The summed E-state index contributed by atoms with van der Waals surface area (Å²) in [6.07, 6.45) is 4.15. The molecule has 80 valence electrons. The van der Waals surface area contributed by atoms with Gasteiger partial charge >= 0.3 is 0 Å². The first-order chi connectivity index (χ1) is 7.24. The second kappa shape index (κ2) is 6.53. The molecule has 0 saturated carbocycles. The molecule has 0 radical (unpaired) electrons. The second-order valence-corrected chi connectivity index (χ2v) is 3.95. The molecule has 0 atom stereocenters. The van der Waals surface area contributed by atoms with Crippen molar-refractivity contribution in [3.8, 4) is 0 Å². The van der Waals surface area contributed by atoms with Gasteiger partial charge in [-0.25, -0.2) is 0 Å². The molecule has 0 heterocycles. The van der Waals surface area contributed by atoms with E-state index in [-0.39, 0.29) is 12.4 Å². The molecule has 0 spiro atoms. The van der Waals surface area contributed by atoms with Crippen LogP contribution in [0.2, 0.25) is 0 Å². The average molecular weight is 269 g/mol. The number of benzene rings is 1. The fourth-order valence-electron chi connectivity index (χ4n) is 1.17. The Labute approximate surface area is 98.1 Å². The molecule has 0 aromatic heterocycles. The number of carbonyl (C=O) groups is 1. The molecule has 1 aromatic carbocycles. The molecule has 0 unspecified atom stereocenters. The van der Waals surface area contributed by atoms with E-state index in [0.29, 0.717) is 0 Å². The Balaban J connectivity index is 2.50. The molecular formula is C12H13BrO2. The van der Waals surface area contributed by atoms with E-state index in [1.165, 1.54) is 12.7 Å². The number of ether oxygens (including phenoxy) is 1. The molecule has 0 aliphatic rings. The van der Waals surface area contributed by atoms with E-state index in [9.17, 15) is 4.79 Å². The minimum absolute atomic E-state index is 0.00967. The van der Waals surface area contributed by atoms with Crippen molar-refractivity contribution in [1.82, 2.24) is 0 Å². The molecule has 3 heteroatoms. The number of carbonyl (C=O) groups excluding carboxylic acids is 1. The van der Waals surface area contributed by atoms with E-state index < -0.39 is 0 Å². The number of hydrogen-bond acceptors (Lipinski definition) is 2. The van der Waals surface area contributed by atoms with Gasteiger partial charge in [0.2, 0.25) is 0 Å². The summed E-state index contributed by atoms with van der Waals surface area (Å²) in [6.45, 7) is 0.145. The third-order valence-electron chi connectivity index (χ3n) is 1.89. The van der Waals surface area contributed by atoms with E-state index in [4.69, 9.17) is 4.74 Å². The SMILES string of the molecule is COCC(=O)/C=C/Cc1ccccc1Br. The average Bonchev–Trinajstić information content (AvgIpc) is 2.21. The van der Waals surface area contributed by atoms with Gasteiger partial charge in [-0.1, -0.05) is 40.2 Å². The first-order valence-electron chi connectivity index (χ1n) is 4.65. The molecule has 0 saturated heterocycles. The van der Waals surface area contributed by atoms with Crippen LogP contribution in [0.25, 0.3) is 0 Å². The summed E-state index contributed by atoms with van der Waals surface area (Å²) in [6, 6.07) is 7.95. The number of hydrogen-bond donors (Lipinski definition) is 0. The summed E-state index contributed by atoms with van der Waals surface area (Å²) in [4.78, 5) is 11.1. The highest BCUT2D eigenvalue weighted by Gasteiger charge is 1.96. The Morgan fingerprint density at radius 3 is 2.87 bits per heavy atom. The summed E-state index contributed by atoms with van der Waals surface area (Å²) in [7, 11) is 1.51. The number of rotatable bonds is 5. The van der Waals surface area contributed by atoms with Crippen molar-refractivity contribution in [2.24, 2.45) is 0 Å². The molecule has 0 aliphatic carbocycles. The largest absolute Gasteiger partial charge is 0.377 e. The van der Waals surface area contributed by atoms with Gasteiger partial charge in [0.25, 0.3) is 0 Å². The van der Waals surface area contributed by atoms with E-state index in [1.54, 1.807) is 6.08 Å². The van der Waals surface area contributed by atoms with E-state index in [0.717, 1.165) is 10.9 Å². The Morgan fingerprint density at radius 1 is 1.47 bits per heavy atom. The van der Waals surface area contributed by atoms with Crippen LogP contribution < -0.4 is 0 Å². The first kappa shape index (κ1) is 12.1. The van der Waals surface area contributed by atoms with Gasteiger partial charge in [0, 0.05) is 11.6 Å². The van der Waals surface area contributed by atoms with E-state index in [2.05, 4.69) is 15.9 Å². The van der Waals surface area contributed by atoms with Gasteiger partial charge < -0.3 is 4.74 Å². The zero-order chi connectivity index (χ0) is 11.1. The summed E-state index contributed by atoms with van der Waals surface area (Å²) >= 11 is 3.45. The van der Waals surface area contributed by atoms with Gasteiger partial charge in [0.15, 0.2) is 5.78 Å². The van der Waals surface area contributed by atoms with Crippen molar-refractivity contribution in [3.05, 3.63) is 46.5 Å². The van der Waals surface area contributed by atoms with Crippen molar-refractivity contribution in [3.63, 3.8) is 0 Å². The lowest BCUT2D eigenvalue weighted by molar-refractivity contribution is -0.118. The second-order valence-electron chi connectivity index (χ2n) is 3.10. The lowest BCUT2D eigenvalue weighted by Gasteiger charge is -1.99. The van der Waals surface area contributed by atoms with Crippen LogP contribution in [0.5, 0.6) is 0 Å². The summed E-state index contributed by atoms with van der Waals surface area (Å²) in [5.74, 6) is -0.00967. The normalized spacial score (nSPS) is 10.8. The number of halogens is 1. The third-order valence-corrected chi connectivity index (χ3v) is 2.66. The van der Waals surface area contributed by atoms with Crippen LogP contribution in [-0.2, 0) is 16.0 Å². The predicted octanol–water partition coefficient (Wildman–Crippen LogP) is 2.76. The Hall–Kier alpha value is -0.930. The lowest BCUT2D eigenvalue weighted by atomic mass is 10.1. The van der Waals surface area contributed by atoms with Crippen molar-refractivity contribution in [1.29, 1.82) is 0 Å². The molecule has 0 fully saturated rings. The molecule has 1 rings (SSSR count). The van der Waals surface area contributed by atoms with Gasteiger partial charge in [-0.15, -0.1) is 0 Å². The lowest BCUT2D eigenvalue weighted by Crippen LogP contribution is -2.01.